The van der Waals surface area contributed by atoms with Gasteiger partial charge in [-0.1, -0.05) is 148 Å². The number of phosphoric acid groups is 1. The molecule has 3 unspecified atom stereocenters. The largest absolute Gasteiger partial charge is 0.472 e. The van der Waals surface area contributed by atoms with Gasteiger partial charge in [0.15, 0.2) is 0 Å². The Kier molecular flexibility index (Phi) is 28.9. The molecule has 3 atom stereocenters. The Labute approximate surface area is 278 Å². The number of rotatable bonds is 33. The van der Waals surface area contributed by atoms with Gasteiger partial charge < -0.3 is 19.8 Å². The van der Waals surface area contributed by atoms with Crippen molar-refractivity contribution in [1.29, 1.82) is 0 Å². The molecule has 0 saturated carbocycles. The lowest BCUT2D eigenvalue weighted by Gasteiger charge is -2.25. The molecule has 0 aliphatic rings. The molecule has 268 valence electrons. The summed E-state index contributed by atoms with van der Waals surface area (Å²) in [6.45, 7) is 4.73. The van der Waals surface area contributed by atoms with Crippen molar-refractivity contribution in [2.75, 3.05) is 40.9 Å². The summed E-state index contributed by atoms with van der Waals surface area (Å²) in [4.78, 5) is 22.8. The van der Waals surface area contributed by atoms with Gasteiger partial charge in [0.2, 0.25) is 5.91 Å². The first-order chi connectivity index (χ1) is 21.5. The molecule has 0 aromatic heterocycles. The third-order valence-electron chi connectivity index (χ3n) is 8.26. The Morgan fingerprint density at radius 3 is 1.64 bits per heavy atom. The fraction of sp³-hybridized carbons (Fsp3) is 0.917. The van der Waals surface area contributed by atoms with E-state index in [1.165, 1.54) is 103 Å². The fourth-order valence-corrected chi connectivity index (χ4v) is 5.95. The minimum absolute atomic E-state index is 0.0635. The molecule has 0 aliphatic carbocycles. The highest BCUT2D eigenvalue weighted by atomic mass is 31.2. The second-order valence-electron chi connectivity index (χ2n) is 14.0. The van der Waals surface area contributed by atoms with Crippen LogP contribution in [0.4, 0.5) is 0 Å². The second kappa shape index (κ2) is 29.4. The zero-order valence-electron chi connectivity index (χ0n) is 30.1. The highest BCUT2D eigenvalue weighted by molar-refractivity contribution is 7.47. The Balaban J connectivity index is 4.40. The number of amides is 1. The number of hydrogen-bond acceptors (Lipinski definition) is 5. The third-order valence-corrected chi connectivity index (χ3v) is 9.24. The summed E-state index contributed by atoms with van der Waals surface area (Å²) in [5.74, 6) is -0.187. The molecule has 0 heterocycles. The van der Waals surface area contributed by atoms with Crippen molar-refractivity contribution in [3.05, 3.63) is 12.2 Å². The maximum absolute atomic E-state index is 12.6. The molecular weight excluding hydrogens is 587 g/mol. The summed E-state index contributed by atoms with van der Waals surface area (Å²) < 4.78 is 23.3. The number of nitrogens with zero attached hydrogens (tertiary/aromatic N) is 1. The normalized spacial score (nSPS) is 14.9. The molecule has 3 N–H and O–H groups in total. The number of carbonyl (C=O) groups excluding carboxylic acids is 1. The molecule has 0 saturated heterocycles. The summed E-state index contributed by atoms with van der Waals surface area (Å²) in [7, 11) is 1.57. The molecule has 45 heavy (non-hydrogen) atoms. The van der Waals surface area contributed by atoms with Crippen LogP contribution >= 0.6 is 7.82 Å². The molecule has 1 amide bonds. The molecule has 0 aliphatic heterocycles. The quantitative estimate of drug-likeness (QED) is 0.0280. The number of allylic oxidation sites excluding steroid dienone is 1. The SMILES string of the molecule is CCCCCCCCCCCCCCCCC/C=C/C(O)C(COP(=O)(O)OCC[N+](C)(C)C)NC(=O)CCCCCCCC. The highest BCUT2D eigenvalue weighted by Gasteiger charge is 2.27. The van der Waals surface area contributed by atoms with Crippen LogP contribution in [0.5, 0.6) is 0 Å². The van der Waals surface area contributed by atoms with E-state index in [1.54, 1.807) is 6.08 Å². The van der Waals surface area contributed by atoms with Crippen LogP contribution in [0.2, 0.25) is 0 Å². The van der Waals surface area contributed by atoms with Crippen LogP contribution in [0, 0.1) is 0 Å². The van der Waals surface area contributed by atoms with Crippen LogP contribution in [0.1, 0.15) is 162 Å². The number of likely N-dealkylation sites (N-methyl/N-ethyl adjacent to an activating group) is 1. The summed E-state index contributed by atoms with van der Waals surface area (Å²) >= 11 is 0. The summed E-state index contributed by atoms with van der Waals surface area (Å²) in [6.07, 6.45) is 30.1. The molecule has 8 nitrogen and oxygen atoms in total. The van der Waals surface area contributed by atoms with Crippen LogP contribution in [0.3, 0.4) is 0 Å². The van der Waals surface area contributed by atoms with Gasteiger partial charge in [0.25, 0.3) is 0 Å². The lowest BCUT2D eigenvalue weighted by Crippen LogP contribution is -2.45. The van der Waals surface area contributed by atoms with E-state index in [0.717, 1.165) is 38.5 Å². The van der Waals surface area contributed by atoms with Crippen molar-refractivity contribution >= 4 is 13.7 Å². The minimum atomic E-state index is -4.31. The number of aliphatic hydroxyl groups is 1. The molecule has 0 fully saturated rings. The smallest absolute Gasteiger partial charge is 0.387 e. The Morgan fingerprint density at radius 2 is 1.18 bits per heavy atom. The molecular formula is C36H74N2O6P+. The average Bonchev–Trinajstić information content (AvgIpc) is 2.97. The highest BCUT2D eigenvalue weighted by Crippen LogP contribution is 2.43. The van der Waals surface area contributed by atoms with Gasteiger partial charge in [-0.25, -0.2) is 4.57 Å². The molecule has 0 aromatic carbocycles. The maximum atomic E-state index is 12.6. The monoisotopic (exact) mass is 662 g/mol. The lowest BCUT2D eigenvalue weighted by atomic mass is 10.0. The molecule has 0 radical (unpaired) electrons. The van der Waals surface area contributed by atoms with E-state index < -0.39 is 20.0 Å². The van der Waals surface area contributed by atoms with Crippen molar-refractivity contribution in [2.45, 2.75) is 174 Å². The van der Waals surface area contributed by atoms with Crippen LogP contribution in [0.25, 0.3) is 0 Å². The Bertz CT molecular complexity index is 758. The van der Waals surface area contributed by atoms with Crippen molar-refractivity contribution < 1.29 is 32.9 Å². The lowest BCUT2D eigenvalue weighted by molar-refractivity contribution is -0.870. The standard InChI is InChI=1S/C36H73N2O6P/c1-6-8-10-12-14-15-16-17-18-19-20-21-22-23-24-25-27-29-35(39)34(37-36(40)30-28-26-13-11-9-7-2)33-44-45(41,42)43-32-31-38(3,4)5/h27,29,34-35,39H,6-26,28,30-33H2,1-5H3,(H-,37,40,41,42)/p+1/b29-27+. The first kappa shape index (κ1) is 44.2. The topological polar surface area (TPSA) is 105 Å². The van der Waals surface area contributed by atoms with Gasteiger partial charge in [-0.05, 0) is 19.3 Å². The van der Waals surface area contributed by atoms with E-state index >= 15 is 0 Å². The van der Waals surface area contributed by atoms with Gasteiger partial charge in [-0.15, -0.1) is 0 Å². The number of nitrogens with one attached hydrogen (secondary N) is 1. The molecule has 0 aromatic rings. The Hall–Kier alpha value is -0.760. The number of aliphatic hydroxyl groups excluding tert-OH is 1. The van der Waals surface area contributed by atoms with Gasteiger partial charge in [-0.3, -0.25) is 13.8 Å². The molecule has 0 spiro atoms. The van der Waals surface area contributed by atoms with E-state index in [9.17, 15) is 19.4 Å². The fourth-order valence-electron chi connectivity index (χ4n) is 5.22. The number of quaternary nitrogens is 1. The van der Waals surface area contributed by atoms with E-state index in [1.807, 2.05) is 27.2 Å². The van der Waals surface area contributed by atoms with Gasteiger partial charge in [0.05, 0.1) is 39.9 Å². The van der Waals surface area contributed by atoms with Crippen molar-refractivity contribution in [3.63, 3.8) is 0 Å². The predicted molar refractivity (Wildman–Crippen MR) is 189 cm³/mol. The minimum Gasteiger partial charge on any atom is -0.387 e. The van der Waals surface area contributed by atoms with E-state index in [2.05, 4.69) is 19.2 Å². The van der Waals surface area contributed by atoms with E-state index in [-0.39, 0.29) is 19.1 Å². The third kappa shape index (κ3) is 31.6. The Morgan fingerprint density at radius 1 is 0.733 bits per heavy atom. The first-order valence-electron chi connectivity index (χ1n) is 18.6. The number of unbranched alkanes of at least 4 members (excludes halogenated alkanes) is 20. The van der Waals surface area contributed by atoms with E-state index in [0.29, 0.717) is 17.4 Å². The average molecular weight is 662 g/mol. The second-order valence-corrected chi connectivity index (χ2v) is 15.4. The van der Waals surface area contributed by atoms with Crippen molar-refractivity contribution in [2.24, 2.45) is 0 Å². The van der Waals surface area contributed by atoms with Gasteiger partial charge >= 0.3 is 7.82 Å². The number of phosphoric ester groups is 1. The predicted octanol–water partition coefficient (Wildman–Crippen LogP) is 9.24. The van der Waals surface area contributed by atoms with Gasteiger partial charge in [0.1, 0.15) is 13.2 Å². The van der Waals surface area contributed by atoms with Crippen LogP contribution in [-0.2, 0) is 18.4 Å². The zero-order valence-corrected chi connectivity index (χ0v) is 31.0. The number of hydrogen-bond donors (Lipinski definition) is 3. The molecule has 0 bridgehead atoms. The summed E-state index contributed by atoms with van der Waals surface area (Å²) in [6, 6.07) is -0.836. The van der Waals surface area contributed by atoms with Crippen LogP contribution < -0.4 is 5.32 Å². The van der Waals surface area contributed by atoms with Gasteiger partial charge in [0, 0.05) is 6.42 Å². The number of carbonyl (C=O) groups is 1. The first-order valence-corrected chi connectivity index (χ1v) is 20.1. The van der Waals surface area contributed by atoms with Gasteiger partial charge in [-0.2, -0.15) is 0 Å². The molecule has 9 heteroatoms. The van der Waals surface area contributed by atoms with Crippen molar-refractivity contribution in [1.82, 2.24) is 5.32 Å². The summed E-state index contributed by atoms with van der Waals surface area (Å²) in [5, 5.41) is 13.7. The molecule has 0 rings (SSSR count). The summed E-state index contributed by atoms with van der Waals surface area (Å²) in [5.41, 5.74) is 0. The van der Waals surface area contributed by atoms with Crippen molar-refractivity contribution in [3.8, 4) is 0 Å². The van der Waals surface area contributed by atoms with Crippen LogP contribution in [0.15, 0.2) is 12.2 Å². The maximum Gasteiger partial charge on any atom is 0.472 e. The zero-order chi connectivity index (χ0) is 33.7. The van der Waals surface area contributed by atoms with Crippen LogP contribution in [-0.4, -0.2) is 73.4 Å². The van der Waals surface area contributed by atoms with E-state index in [4.69, 9.17) is 9.05 Å².